The third kappa shape index (κ3) is 3.52. The van der Waals surface area contributed by atoms with Gasteiger partial charge in [-0.25, -0.2) is 0 Å². The first kappa shape index (κ1) is 14.4. The van der Waals surface area contributed by atoms with E-state index in [9.17, 15) is 4.79 Å². The van der Waals surface area contributed by atoms with E-state index in [-0.39, 0.29) is 17.3 Å². The molecular formula is C13H14Cl2INO. The van der Waals surface area contributed by atoms with Crippen molar-refractivity contribution in [1.82, 2.24) is 5.32 Å². The highest BCUT2D eigenvalue weighted by Crippen LogP contribution is 2.24. The number of hydrogen-bond acceptors (Lipinski definition) is 1. The van der Waals surface area contributed by atoms with E-state index in [1.807, 2.05) is 6.07 Å². The van der Waals surface area contributed by atoms with Crippen LogP contribution in [0.4, 0.5) is 0 Å². The molecule has 1 aliphatic rings. The number of hydrogen-bond donors (Lipinski definition) is 1. The van der Waals surface area contributed by atoms with Gasteiger partial charge in [-0.15, -0.1) is 11.6 Å². The van der Waals surface area contributed by atoms with E-state index in [1.165, 1.54) is 0 Å². The predicted octanol–water partition coefficient (Wildman–Crippen LogP) is 4.22. The average molecular weight is 398 g/mol. The van der Waals surface area contributed by atoms with Crippen molar-refractivity contribution in [3.05, 3.63) is 32.4 Å². The van der Waals surface area contributed by atoms with E-state index >= 15 is 0 Å². The molecule has 0 aromatic heterocycles. The Morgan fingerprint density at radius 2 is 2.06 bits per heavy atom. The van der Waals surface area contributed by atoms with Gasteiger partial charge in [0.25, 0.3) is 5.91 Å². The first-order valence-corrected chi connectivity index (χ1v) is 7.87. The Labute approximate surface area is 131 Å². The van der Waals surface area contributed by atoms with Crippen molar-refractivity contribution < 1.29 is 4.79 Å². The minimum atomic E-state index is -0.0838. The summed E-state index contributed by atoms with van der Waals surface area (Å²) in [5, 5.41) is 3.64. The second-order valence-corrected chi connectivity index (χ2v) is 6.66. The van der Waals surface area contributed by atoms with Crippen molar-refractivity contribution in [2.24, 2.45) is 0 Å². The molecule has 18 heavy (non-hydrogen) atoms. The third-order valence-electron chi connectivity index (χ3n) is 3.17. The number of carbonyl (C=O) groups is 1. The molecule has 0 bridgehead atoms. The van der Waals surface area contributed by atoms with E-state index < -0.39 is 0 Å². The lowest BCUT2D eigenvalue weighted by Crippen LogP contribution is -2.43. The molecule has 0 radical (unpaired) electrons. The summed E-state index contributed by atoms with van der Waals surface area (Å²) in [4.78, 5) is 12.2. The lowest BCUT2D eigenvalue weighted by Gasteiger charge is -2.28. The molecule has 0 saturated heterocycles. The third-order valence-corrected chi connectivity index (χ3v) is 4.87. The quantitative estimate of drug-likeness (QED) is 0.587. The molecule has 2 unspecified atom stereocenters. The van der Waals surface area contributed by atoms with Crippen LogP contribution in [0.1, 0.15) is 36.0 Å². The summed E-state index contributed by atoms with van der Waals surface area (Å²) >= 11 is 14.3. The number of alkyl halides is 1. The lowest BCUT2D eigenvalue weighted by molar-refractivity contribution is 0.0928. The highest BCUT2D eigenvalue weighted by atomic mass is 127. The van der Waals surface area contributed by atoms with Gasteiger partial charge in [0.2, 0.25) is 0 Å². The van der Waals surface area contributed by atoms with Crippen molar-refractivity contribution in [3.8, 4) is 0 Å². The summed E-state index contributed by atoms with van der Waals surface area (Å²) in [6.07, 6.45) is 4.20. The molecule has 1 aromatic rings. The number of amides is 1. The molecule has 0 spiro atoms. The van der Waals surface area contributed by atoms with E-state index in [2.05, 4.69) is 27.9 Å². The predicted molar refractivity (Wildman–Crippen MR) is 83.5 cm³/mol. The molecule has 2 rings (SSSR count). The fourth-order valence-electron chi connectivity index (χ4n) is 2.17. The smallest absolute Gasteiger partial charge is 0.252 e. The summed E-state index contributed by atoms with van der Waals surface area (Å²) in [6, 6.07) is 5.40. The van der Waals surface area contributed by atoms with Crippen molar-refractivity contribution in [3.63, 3.8) is 0 Å². The van der Waals surface area contributed by atoms with Crippen molar-refractivity contribution in [2.75, 3.05) is 0 Å². The van der Waals surface area contributed by atoms with Crippen LogP contribution >= 0.6 is 45.8 Å². The second-order valence-electron chi connectivity index (χ2n) is 4.50. The van der Waals surface area contributed by atoms with Crippen LogP contribution in [0.25, 0.3) is 0 Å². The Bertz CT molecular complexity index is 453. The zero-order valence-corrected chi connectivity index (χ0v) is 13.4. The zero-order valence-electron chi connectivity index (χ0n) is 9.76. The molecule has 1 N–H and O–H groups in total. The molecule has 1 aromatic carbocycles. The highest BCUT2D eigenvalue weighted by molar-refractivity contribution is 14.1. The Kier molecular flexibility index (Phi) is 5.15. The summed E-state index contributed by atoms with van der Waals surface area (Å²) in [5.41, 5.74) is 0.623. The summed E-state index contributed by atoms with van der Waals surface area (Å²) in [5.74, 6) is -0.0838. The van der Waals surface area contributed by atoms with Gasteiger partial charge in [0.1, 0.15) is 0 Å². The molecule has 1 amide bonds. The van der Waals surface area contributed by atoms with Crippen LogP contribution < -0.4 is 5.32 Å². The van der Waals surface area contributed by atoms with Crippen LogP contribution in [0, 0.1) is 3.57 Å². The van der Waals surface area contributed by atoms with Crippen molar-refractivity contribution >= 4 is 51.7 Å². The Hall–Kier alpha value is -0.000000000000000111. The zero-order chi connectivity index (χ0) is 13.1. The van der Waals surface area contributed by atoms with Gasteiger partial charge in [-0.3, -0.25) is 4.79 Å². The Morgan fingerprint density at radius 1 is 1.33 bits per heavy atom. The van der Waals surface area contributed by atoms with Gasteiger partial charge in [0.05, 0.1) is 10.9 Å². The van der Waals surface area contributed by atoms with Crippen LogP contribution in [0.5, 0.6) is 0 Å². The molecule has 0 heterocycles. The topological polar surface area (TPSA) is 29.1 Å². The molecule has 2 nitrogen and oxygen atoms in total. The van der Waals surface area contributed by atoms with Crippen LogP contribution in [0.2, 0.25) is 5.02 Å². The van der Waals surface area contributed by atoms with Crippen LogP contribution in [-0.2, 0) is 0 Å². The van der Waals surface area contributed by atoms with E-state index in [1.54, 1.807) is 12.1 Å². The van der Waals surface area contributed by atoms with Gasteiger partial charge in [-0.05, 0) is 53.6 Å². The second kappa shape index (κ2) is 6.44. The fraction of sp³-hybridized carbons (Fsp3) is 0.462. The maximum Gasteiger partial charge on any atom is 0.252 e. The average Bonchev–Trinajstić information content (AvgIpc) is 2.35. The number of benzene rings is 1. The highest BCUT2D eigenvalue weighted by Gasteiger charge is 2.25. The van der Waals surface area contributed by atoms with Gasteiger partial charge in [0.15, 0.2) is 0 Å². The van der Waals surface area contributed by atoms with Gasteiger partial charge >= 0.3 is 0 Å². The normalized spacial score (nSPS) is 23.7. The summed E-state index contributed by atoms with van der Waals surface area (Å²) < 4.78 is 0.899. The molecule has 1 aliphatic carbocycles. The van der Waals surface area contributed by atoms with E-state index in [0.29, 0.717) is 10.6 Å². The minimum absolute atomic E-state index is 0.0412. The SMILES string of the molecule is O=C(NC1CCCCC1Cl)c1cc(Cl)ccc1I. The molecule has 1 fully saturated rings. The number of nitrogens with one attached hydrogen (secondary N) is 1. The monoisotopic (exact) mass is 397 g/mol. The maximum absolute atomic E-state index is 12.2. The van der Waals surface area contributed by atoms with Crippen LogP contribution in [0.3, 0.4) is 0 Å². The number of halogens is 3. The number of carbonyl (C=O) groups excluding carboxylic acids is 1. The molecule has 1 saturated carbocycles. The molecular weight excluding hydrogens is 384 g/mol. The Morgan fingerprint density at radius 3 is 2.78 bits per heavy atom. The van der Waals surface area contributed by atoms with Gasteiger partial charge in [0, 0.05) is 14.6 Å². The van der Waals surface area contributed by atoms with Crippen molar-refractivity contribution in [1.29, 1.82) is 0 Å². The first-order chi connectivity index (χ1) is 8.58. The van der Waals surface area contributed by atoms with Gasteiger partial charge in [-0.1, -0.05) is 24.4 Å². The lowest BCUT2D eigenvalue weighted by atomic mass is 9.94. The molecule has 0 aliphatic heterocycles. The van der Waals surface area contributed by atoms with Gasteiger partial charge in [-0.2, -0.15) is 0 Å². The minimum Gasteiger partial charge on any atom is -0.348 e. The van der Waals surface area contributed by atoms with Crippen molar-refractivity contribution in [2.45, 2.75) is 37.1 Å². The van der Waals surface area contributed by atoms with E-state index in [0.717, 1.165) is 29.3 Å². The first-order valence-electron chi connectivity index (χ1n) is 5.98. The molecule has 98 valence electrons. The molecule has 5 heteroatoms. The summed E-state index contributed by atoms with van der Waals surface area (Å²) in [6.45, 7) is 0. The fourth-order valence-corrected chi connectivity index (χ4v) is 3.26. The molecule has 2 atom stereocenters. The summed E-state index contributed by atoms with van der Waals surface area (Å²) in [7, 11) is 0. The van der Waals surface area contributed by atoms with Crippen LogP contribution in [-0.4, -0.2) is 17.3 Å². The standard InChI is InChI=1S/C13H14Cl2INO/c14-8-5-6-11(16)9(7-8)13(18)17-12-4-2-1-3-10(12)15/h5-7,10,12H,1-4H2,(H,17,18). The van der Waals surface area contributed by atoms with Gasteiger partial charge < -0.3 is 5.32 Å². The van der Waals surface area contributed by atoms with Crippen LogP contribution in [0.15, 0.2) is 18.2 Å². The van der Waals surface area contributed by atoms with E-state index in [4.69, 9.17) is 23.2 Å². The Balaban J connectivity index is 2.09. The number of rotatable bonds is 2. The largest absolute Gasteiger partial charge is 0.348 e. The maximum atomic E-state index is 12.2.